The highest BCUT2D eigenvalue weighted by Crippen LogP contribution is 2.34. The van der Waals surface area contributed by atoms with E-state index in [9.17, 15) is 4.79 Å². The Morgan fingerprint density at radius 3 is 2.73 bits per heavy atom. The maximum atomic E-state index is 12.0. The van der Waals surface area contributed by atoms with Crippen LogP contribution in [0.15, 0.2) is 64.3 Å². The summed E-state index contributed by atoms with van der Waals surface area (Å²) in [6, 6.07) is 13.8. The van der Waals surface area contributed by atoms with Crippen molar-refractivity contribution in [1.29, 1.82) is 0 Å². The summed E-state index contributed by atoms with van der Waals surface area (Å²) in [6.07, 6.45) is 3.03. The zero-order chi connectivity index (χ0) is 21.5. The monoisotopic (exact) mass is 507 g/mol. The van der Waals surface area contributed by atoms with Gasteiger partial charge < -0.3 is 9.47 Å². The number of amides is 1. The smallest absolute Gasteiger partial charge is 0.289 e. The SMILES string of the molecule is COc1cc(/C=N/NC(=O)c2ccccn2)c(Br)cc1OCc1ccc(Cl)cc1Cl. The average molecular weight is 509 g/mol. The second-order valence-electron chi connectivity index (χ2n) is 5.96. The topological polar surface area (TPSA) is 72.8 Å². The molecule has 6 nitrogen and oxygen atoms in total. The molecule has 0 atom stereocenters. The molecule has 0 saturated heterocycles. The van der Waals surface area contributed by atoms with Crippen LogP contribution in [0.1, 0.15) is 21.6 Å². The van der Waals surface area contributed by atoms with Crippen LogP contribution < -0.4 is 14.9 Å². The number of methoxy groups -OCH3 is 1. The van der Waals surface area contributed by atoms with Crippen LogP contribution >= 0.6 is 39.1 Å². The van der Waals surface area contributed by atoms with E-state index in [0.717, 1.165) is 5.56 Å². The van der Waals surface area contributed by atoms with Crippen LogP contribution in [0.2, 0.25) is 10.0 Å². The van der Waals surface area contributed by atoms with Crippen LogP contribution in [-0.4, -0.2) is 24.2 Å². The highest BCUT2D eigenvalue weighted by Gasteiger charge is 2.11. The quantitative estimate of drug-likeness (QED) is 0.337. The molecule has 0 radical (unpaired) electrons. The second-order valence-corrected chi connectivity index (χ2v) is 7.66. The van der Waals surface area contributed by atoms with E-state index in [1.54, 1.807) is 48.5 Å². The summed E-state index contributed by atoms with van der Waals surface area (Å²) in [5, 5.41) is 5.06. The van der Waals surface area contributed by atoms with E-state index in [1.807, 2.05) is 0 Å². The minimum Gasteiger partial charge on any atom is -0.493 e. The number of nitrogens with one attached hydrogen (secondary N) is 1. The molecule has 1 aromatic heterocycles. The number of hydrogen-bond donors (Lipinski definition) is 1. The van der Waals surface area contributed by atoms with Gasteiger partial charge in [-0.2, -0.15) is 5.10 Å². The van der Waals surface area contributed by atoms with Gasteiger partial charge in [-0.3, -0.25) is 9.78 Å². The molecule has 0 fully saturated rings. The molecule has 0 spiro atoms. The number of hydrazone groups is 1. The lowest BCUT2D eigenvalue weighted by Crippen LogP contribution is -2.18. The lowest BCUT2D eigenvalue weighted by molar-refractivity contribution is 0.0950. The minimum atomic E-state index is -0.408. The highest BCUT2D eigenvalue weighted by molar-refractivity contribution is 9.10. The van der Waals surface area contributed by atoms with Crippen molar-refractivity contribution in [3.8, 4) is 11.5 Å². The molecule has 1 heterocycles. The van der Waals surface area contributed by atoms with E-state index < -0.39 is 5.91 Å². The molecular formula is C21H16BrCl2N3O3. The number of rotatable bonds is 7. The molecule has 0 aliphatic rings. The fourth-order valence-electron chi connectivity index (χ4n) is 2.43. The van der Waals surface area contributed by atoms with Gasteiger partial charge in [0, 0.05) is 31.8 Å². The molecule has 0 saturated carbocycles. The van der Waals surface area contributed by atoms with Gasteiger partial charge in [0.2, 0.25) is 0 Å². The Balaban J connectivity index is 1.71. The van der Waals surface area contributed by atoms with Gasteiger partial charge in [-0.05, 0) is 52.3 Å². The van der Waals surface area contributed by atoms with Crippen molar-refractivity contribution in [3.05, 3.63) is 86.1 Å². The molecule has 0 unspecified atom stereocenters. The molecule has 9 heteroatoms. The molecule has 0 aliphatic carbocycles. The fourth-order valence-corrected chi connectivity index (χ4v) is 3.32. The zero-order valence-corrected chi connectivity index (χ0v) is 18.8. The Labute approximate surface area is 192 Å². The summed E-state index contributed by atoms with van der Waals surface area (Å²) < 4.78 is 12.0. The number of carbonyl (C=O) groups is 1. The molecule has 1 amide bonds. The molecule has 154 valence electrons. The maximum absolute atomic E-state index is 12.0. The Morgan fingerprint density at radius 1 is 1.20 bits per heavy atom. The summed E-state index contributed by atoms with van der Waals surface area (Å²) in [5.41, 5.74) is 4.19. The van der Waals surface area contributed by atoms with Crippen molar-refractivity contribution in [2.75, 3.05) is 7.11 Å². The number of benzene rings is 2. The number of halogens is 3. The summed E-state index contributed by atoms with van der Waals surface area (Å²) >= 11 is 15.6. The van der Waals surface area contributed by atoms with E-state index >= 15 is 0 Å². The van der Waals surface area contributed by atoms with Crippen molar-refractivity contribution >= 4 is 51.3 Å². The Hall–Kier alpha value is -2.61. The lowest BCUT2D eigenvalue weighted by Gasteiger charge is -2.13. The van der Waals surface area contributed by atoms with E-state index in [-0.39, 0.29) is 12.3 Å². The predicted octanol–water partition coefficient (Wildman–Crippen LogP) is 5.50. The van der Waals surface area contributed by atoms with Crippen molar-refractivity contribution in [1.82, 2.24) is 10.4 Å². The van der Waals surface area contributed by atoms with Gasteiger partial charge in [-0.15, -0.1) is 0 Å². The van der Waals surface area contributed by atoms with Crippen molar-refractivity contribution in [3.63, 3.8) is 0 Å². The third kappa shape index (κ3) is 5.72. The third-order valence-corrected chi connectivity index (χ3v) is 5.22. The molecule has 0 bridgehead atoms. The van der Waals surface area contributed by atoms with Crippen molar-refractivity contribution in [2.45, 2.75) is 6.61 Å². The average Bonchev–Trinajstić information content (AvgIpc) is 2.75. The van der Waals surface area contributed by atoms with Gasteiger partial charge in [-0.25, -0.2) is 5.43 Å². The lowest BCUT2D eigenvalue weighted by atomic mass is 10.2. The summed E-state index contributed by atoms with van der Waals surface area (Å²) in [4.78, 5) is 16.0. The van der Waals surface area contributed by atoms with Crippen LogP contribution in [0.5, 0.6) is 11.5 Å². The third-order valence-electron chi connectivity index (χ3n) is 3.95. The first-order chi connectivity index (χ1) is 14.5. The molecule has 0 aliphatic heterocycles. The fraction of sp³-hybridized carbons (Fsp3) is 0.0952. The van der Waals surface area contributed by atoms with Crippen LogP contribution in [0, 0.1) is 0 Å². The van der Waals surface area contributed by atoms with Crippen LogP contribution in [0.25, 0.3) is 0 Å². The normalized spacial score (nSPS) is 10.8. The minimum absolute atomic E-state index is 0.242. The molecule has 1 N–H and O–H groups in total. The first-order valence-corrected chi connectivity index (χ1v) is 10.2. The van der Waals surface area contributed by atoms with Gasteiger partial charge in [-0.1, -0.05) is 35.3 Å². The van der Waals surface area contributed by atoms with Crippen LogP contribution in [0.4, 0.5) is 0 Å². The van der Waals surface area contributed by atoms with Crippen molar-refractivity contribution in [2.24, 2.45) is 5.10 Å². The van der Waals surface area contributed by atoms with E-state index in [2.05, 4.69) is 31.4 Å². The van der Waals surface area contributed by atoms with Crippen molar-refractivity contribution < 1.29 is 14.3 Å². The van der Waals surface area contributed by atoms with Gasteiger partial charge in [0.1, 0.15) is 12.3 Å². The Bertz CT molecular complexity index is 1080. The van der Waals surface area contributed by atoms with E-state index in [1.165, 1.54) is 19.5 Å². The Morgan fingerprint density at radius 2 is 2.03 bits per heavy atom. The molecule has 30 heavy (non-hydrogen) atoms. The molecule has 3 aromatic rings. The van der Waals surface area contributed by atoms with Gasteiger partial charge in [0.25, 0.3) is 5.91 Å². The number of hydrogen-bond acceptors (Lipinski definition) is 5. The van der Waals surface area contributed by atoms with Crippen LogP contribution in [0.3, 0.4) is 0 Å². The van der Waals surface area contributed by atoms with Crippen LogP contribution in [-0.2, 0) is 6.61 Å². The molecular weight excluding hydrogens is 493 g/mol. The zero-order valence-electron chi connectivity index (χ0n) is 15.7. The maximum Gasteiger partial charge on any atom is 0.289 e. The predicted molar refractivity (Wildman–Crippen MR) is 121 cm³/mol. The summed E-state index contributed by atoms with van der Waals surface area (Å²) in [7, 11) is 1.54. The van der Waals surface area contributed by atoms with E-state index in [4.69, 9.17) is 32.7 Å². The van der Waals surface area contributed by atoms with Gasteiger partial charge in [0.05, 0.1) is 13.3 Å². The second kappa shape index (κ2) is 10.4. The standard InChI is InChI=1S/C21H16BrCl2N3O3/c1-29-19-8-14(11-26-27-21(28)18-4-2-3-7-25-18)16(22)10-20(19)30-12-13-5-6-15(23)9-17(13)24/h2-11H,12H2,1H3,(H,27,28)/b26-11+. The molecule has 2 aromatic carbocycles. The summed E-state index contributed by atoms with van der Waals surface area (Å²) in [5.74, 6) is 0.612. The Kier molecular flexibility index (Phi) is 7.68. The largest absolute Gasteiger partial charge is 0.493 e. The number of nitrogens with zero attached hydrogens (tertiary/aromatic N) is 2. The number of carbonyl (C=O) groups excluding carboxylic acids is 1. The molecule has 3 rings (SSSR count). The first kappa shape index (κ1) is 22.1. The summed E-state index contributed by atoms with van der Waals surface area (Å²) in [6.45, 7) is 0.242. The van der Waals surface area contributed by atoms with Gasteiger partial charge in [0.15, 0.2) is 11.5 Å². The number of pyridine rings is 1. The van der Waals surface area contributed by atoms with Gasteiger partial charge >= 0.3 is 0 Å². The first-order valence-electron chi connectivity index (χ1n) is 8.66. The van der Waals surface area contributed by atoms with E-state index in [0.29, 0.717) is 31.6 Å². The number of ether oxygens (including phenoxy) is 2. The number of aromatic nitrogens is 1. The highest BCUT2D eigenvalue weighted by atomic mass is 79.9.